The summed E-state index contributed by atoms with van der Waals surface area (Å²) in [5, 5.41) is 0. The summed E-state index contributed by atoms with van der Waals surface area (Å²) in [7, 11) is 0. The second-order valence-electron chi connectivity index (χ2n) is 6.54. The van der Waals surface area contributed by atoms with Gasteiger partial charge in [-0.3, -0.25) is 4.90 Å². The van der Waals surface area contributed by atoms with Crippen LogP contribution in [0.3, 0.4) is 0 Å². The number of aryl methyl sites for hydroxylation is 1. The van der Waals surface area contributed by atoms with Crippen LogP contribution in [0.5, 0.6) is 0 Å². The Bertz CT molecular complexity index is 521. The maximum Gasteiger partial charge on any atom is 0.416 e. The monoisotopic (exact) mass is 312 g/mol. The zero-order chi connectivity index (χ0) is 15.7. The lowest BCUT2D eigenvalue weighted by molar-refractivity contribution is -0.137. The fraction of sp³-hybridized carbons (Fsp3) is 0.647. The van der Waals surface area contributed by atoms with Crippen molar-refractivity contribution in [1.29, 1.82) is 0 Å². The van der Waals surface area contributed by atoms with Gasteiger partial charge in [0.2, 0.25) is 0 Å². The Labute approximate surface area is 129 Å². The van der Waals surface area contributed by atoms with E-state index in [1.807, 2.05) is 6.07 Å². The molecule has 0 N–H and O–H groups in total. The smallest absolute Gasteiger partial charge is 0.370 e. The largest absolute Gasteiger partial charge is 0.416 e. The minimum absolute atomic E-state index is 0.496. The van der Waals surface area contributed by atoms with E-state index in [1.165, 1.54) is 31.4 Å². The van der Waals surface area contributed by atoms with E-state index in [1.54, 1.807) is 6.92 Å². The molecule has 0 aromatic heterocycles. The van der Waals surface area contributed by atoms with Crippen LogP contribution in [-0.4, -0.2) is 37.1 Å². The minimum Gasteiger partial charge on any atom is -0.370 e. The molecule has 0 saturated carbocycles. The lowest BCUT2D eigenvalue weighted by atomic mass is 10.1. The van der Waals surface area contributed by atoms with Crippen LogP contribution in [0.1, 0.15) is 36.8 Å². The van der Waals surface area contributed by atoms with Gasteiger partial charge < -0.3 is 4.90 Å². The lowest BCUT2D eigenvalue weighted by Crippen LogP contribution is -2.40. The molecule has 2 nitrogen and oxygen atoms in total. The number of hydrogen-bond donors (Lipinski definition) is 0. The van der Waals surface area contributed by atoms with Crippen molar-refractivity contribution >= 4 is 5.69 Å². The number of halogens is 3. The van der Waals surface area contributed by atoms with Gasteiger partial charge in [-0.15, -0.1) is 0 Å². The lowest BCUT2D eigenvalue weighted by Gasteiger charge is -2.32. The number of rotatable bonds is 2. The Hall–Kier alpha value is -1.23. The fourth-order valence-electron chi connectivity index (χ4n) is 3.67. The third-order valence-electron chi connectivity index (χ3n) is 4.83. The van der Waals surface area contributed by atoms with Gasteiger partial charge in [0.15, 0.2) is 0 Å². The van der Waals surface area contributed by atoms with Gasteiger partial charge in [0, 0.05) is 24.8 Å². The molecule has 1 aromatic rings. The number of benzene rings is 1. The van der Waals surface area contributed by atoms with Gasteiger partial charge in [-0.05, 0) is 63.0 Å². The summed E-state index contributed by atoms with van der Waals surface area (Å²) in [5.74, 6) is 0. The van der Waals surface area contributed by atoms with E-state index in [9.17, 15) is 13.2 Å². The maximum absolute atomic E-state index is 13.0. The third-order valence-corrected chi connectivity index (χ3v) is 4.83. The molecule has 0 amide bonds. The first-order valence-corrected chi connectivity index (χ1v) is 8.11. The number of hydrogen-bond acceptors (Lipinski definition) is 2. The van der Waals surface area contributed by atoms with E-state index in [2.05, 4.69) is 9.80 Å². The standard InChI is InChI=1S/C17H23F3N2/c1-13-9-14(17(18,19)20)11-16(10-13)22-8-5-15(12-22)21-6-3-2-4-7-21/h9-11,15H,2-8,12H2,1H3. The second-order valence-corrected chi connectivity index (χ2v) is 6.54. The summed E-state index contributed by atoms with van der Waals surface area (Å²) < 4.78 is 38.9. The highest BCUT2D eigenvalue weighted by Crippen LogP contribution is 2.34. The first-order valence-electron chi connectivity index (χ1n) is 8.11. The third kappa shape index (κ3) is 3.40. The van der Waals surface area contributed by atoms with Crippen molar-refractivity contribution in [2.24, 2.45) is 0 Å². The predicted octanol–water partition coefficient (Wildman–Crippen LogP) is 4.08. The van der Waals surface area contributed by atoms with E-state index in [4.69, 9.17) is 0 Å². The Balaban J connectivity index is 1.73. The Morgan fingerprint density at radius 3 is 2.41 bits per heavy atom. The molecule has 1 aromatic carbocycles. The molecule has 2 fully saturated rings. The van der Waals surface area contributed by atoms with E-state index in [0.29, 0.717) is 17.3 Å². The molecule has 0 aliphatic carbocycles. The molecule has 2 heterocycles. The normalized spacial score (nSPS) is 24.0. The average molecular weight is 312 g/mol. The van der Waals surface area contributed by atoms with Crippen LogP contribution in [0.25, 0.3) is 0 Å². The minimum atomic E-state index is -4.27. The molecule has 1 unspecified atom stereocenters. The van der Waals surface area contributed by atoms with Crippen molar-refractivity contribution in [1.82, 2.24) is 4.90 Å². The van der Waals surface area contributed by atoms with Gasteiger partial charge in [0.05, 0.1) is 5.56 Å². The molecule has 2 saturated heterocycles. The Morgan fingerprint density at radius 1 is 1.00 bits per heavy atom. The summed E-state index contributed by atoms with van der Waals surface area (Å²) in [6.07, 6.45) is 0.583. The molecular formula is C17H23F3N2. The van der Waals surface area contributed by atoms with Gasteiger partial charge in [0.1, 0.15) is 0 Å². The van der Waals surface area contributed by atoms with Crippen LogP contribution in [0.2, 0.25) is 0 Å². The average Bonchev–Trinajstić information content (AvgIpc) is 2.96. The SMILES string of the molecule is Cc1cc(N2CCC(N3CCCCC3)C2)cc(C(F)(F)F)c1. The molecule has 0 bridgehead atoms. The number of alkyl halides is 3. The summed E-state index contributed by atoms with van der Waals surface area (Å²) in [4.78, 5) is 4.63. The van der Waals surface area contributed by atoms with Gasteiger partial charge >= 0.3 is 6.18 Å². The molecule has 22 heavy (non-hydrogen) atoms. The van der Waals surface area contributed by atoms with Crippen LogP contribution in [0.4, 0.5) is 18.9 Å². The molecule has 0 spiro atoms. The second kappa shape index (κ2) is 6.11. The quantitative estimate of drug-likeness (QED) is 0.812. The van der Waals surface area contributed by atoms with Crippen LogP contribution < -0.4 is 4.90 Å². The van der Waals surface area contributed by atoms with Crippen molar-refractivity contribution < 1.29 is 13.2 Å². The first-order chi connectivity index (χ1) is 10.4. The summed E-state index contributed by atoms with van der Waals surface area (Å²) in [5.41, 5.74) is 0.849. The van der Waals surface area contributed by atoms with E-state index >= 15 is 0 Å². The molecular weight excluding hydrogens is 289 g/mol. The van der Waals surface area contributed by atoms with Crippen LogP contribution >= 0.6 is 0 Å². The van der Waals surface area contributed by atoms with E-state index in [0.717, 1.165) is 32.6 Å². The molecule has 122 valence electrons. The van der Waals surface area contributed by atoms with Crippen LogP contribution in [0.15, 0.2) is 18.2 Å². The summed E-state index contributed by atoms with van der Waals surface area (Å²) in [6, 6.07) is 4.89. The highest BCUT2D eigenvalue weighted by Gasteiger charge is 2.33. The van der Waals surface area contributed by atoms with Crippen LogP contribution in [-0.2, 0) is 6.18 Å². The fourth-order valence-corrected chi connectivity index (χ4v) is 3.67. The highest BCUT2D eigenvalue weighted by atomic mass is 19.4. The van der Waals surface area contributed by atoms with Crippen molar-refractivity contribution in [3.05, 3.63) is 29.3 Å². The molecule has 0 radical (unpaired) electrons. The number of anilines is 1. The van der Waals surface area contributed by atoms with Crippen LogP contribution in [0, 0.1) is 6.92 Å². The predicted molar refractivity (Wildman–Crippen MR) is 82.2 cm³/mol. The molecule has 2 aliphatic rings. The maximum atomic E-state index is 13.0. The molecule has 1 atom stereocenters. The zero-order valence-electron chi connectivity index (χ0n) is 13.0. The highest BCUT2D eigenvalue weighted by molar-refractivity contribution is 5.52. The van der Waals surface area contributed by atoms with Crippen molar-refractivity contribution in [2.45, 2.75) is 44.8 Å². The summed E-state index contributed by atoms with van der Waals surface area (Å²) >= 11 is 0. The number of piperidine rings is 1. The van der Waals surface area contributed by atoms with Crippen molar-refractivity contribution in [2.75, 3.05) is 31.1 Å². The summed E-state index contributed by atoms with van der Waals surface area (Å²) in [6.45, 7) is 5.71. The van der Waals surface area contributed by atoms with Gasteiger partial charge in [0.25, 0.3) is 0 Å². The van der Waals surface area contributed by atoms with Gasteiger partial charge in [-0.1, -0.05) is 6.42 Å². The molecule has 5 heteroatoms. The number of nitrogens with zero attached hydrogens (tertiary/aromatic N) is 2. The Kier molecular flexibility index (Phi) is 4.35. The molecule has 3 rings (SSSR count). The van der Waals surface area contributed by atoms with Crippen molar-refractivity contribution in [3.8, 4) is 0 Å². The van der Waals surface area contributed by atoms with Crippen molar-refractivity contribution in [3.63, 3.8) is 0 Å². The van der Waals surface area contributed by atoms with E-state index in [-0.39, 0.29) is 0 Å². The first kappa shape index (κ1) is 15.7. The topological polar surface area (TPSA) is 6.48 Å². The van der Waals surface area contributed by atoms with Gasteiger partial charge in [-0.2, -0.15) is 13.2 Å². The zero-order valence-corrected chi connectivity index (χ0v) is 13.0. The Morgan fingerprint density at radius 2 is 1.73 bits per heavy atom. The van der Waals surface area contributed by atoms with Gasteiger partial charge in [-0.25, -0.2) is 0 Å². The van der Waals surface area contributed by atoms with E-state index < -0.39 is 11.7 Å². The molecule has 2 aliphatic heterocycles. The number of likely N-dealkylation sites (tertiary alicyclic amines) is 1.